The molecule has 0 saturated carbocycles. The Bertz CT molecular complexity index is 311. The van der Waals surface area contributed by atoms with Crippen LogP contribution in [-0.4, -0.2) is 28.4 Å². The molecule has 1 aliphatic rings. The molecule has 1 rings (SSSR count). The highest BCUT2D eigenvalue weighted by Crippen LogP contribution is 2.05. The van der Waals surface area contributed by atoms with Crippen LogP contribution < -0.4 is 0 Å². The van der Waals surface area contributed by atoms with Crippen LogP contribution in [-0.2, 0) is 19.2 Å². The molecule has 0 N–H and O–H groups in total. The van der Waals surface area contributed by atoms with Crippen molar-refractivity contribution in [3.63, 3.8) is 0 Å². The number of imide groups is 3. The molecule has 13 heavy (non-hydrogen) atoms. The number of amides is 3. The van der Waals surface area contributed by atoms with E-state index in [0.29, 0.717) is 4.90 Å². The van der Waals surface area contributed by atoms with Gasteiger partial charge in [0.1, 0.15) is 5.78 Å². The van der Waals surface area contributed by atoms with Crippen molar-refractivity contribution >= 4 is 23.5 Å². The number of rotatable bonds is 2. The van der Waals surface area contributed by atoms with Crippen molar-refractivity contribution in [3.05, 3.63) is 12.2 Å². The summed E-state index contributed by atoms with van der Waals surface area (Å²) in [6.07, 6.45) is 1.58. The number of nitrogens with zero attached hydrogens (tertiary/aromatic N) is 1. The van der Waals surface area contributed by atoms with Gasteiger partial charge in [-0.05, 0) is 6.92 Å². The maximum absolute atomic E-state index is 11.1. The van der Waals surface area contributed by atoms with E-state index >= 15 is 0 Å². The molecule has 0 aromatic rings. The summed E-state index contributed by atoms with van der Waals surface area (Å²) in [5.41, 5.74) is 0. The minimum absolute atomic E-state index is 0.377. The Kier molecular flexibility index (Phi) is 2.36. The van der Waals surface area contributed by atoms with Gasteiger partial charge in [0.05, 0.1) is 6.42 Å². The summed E-state index contributed by atoms with van der Waals surface area (Å²) >= 11 is 0. The molecule has 0 spiro atoms. The Morgan fingerprint density at radius 3 is 2.08 bits per heavy atom. The molecule has 0 radical (unpaired) electrons. The zero-order valence-electron chi connectivity index (χ0n) is 6.94. The van der Waals surface area contributed by atoms with Gasteiger partial charge in [0, 0.05) is 12.2 Å². The highest BCUT2D eigenvalue weighted by Gasteiger charge is 2.30. The molecule has 0 fully saturated rings. The lowest BCUT2D eigenvalue weighted by molar-refractivity contribution is -0.148. The molecule has 1 heterocycles. The van der Waals surface area contributed by atoms with E-state index in [4.69, 9.17) is 0 Å². The van der Waals surface area contributed by atoms with Crippen molar-refractivity contribution in [2.45, 2.75) is 13.3 Å². The predicted molar refractivity (Wildman–Crippen MR) is 41.3 cm³/mol. The maximum atomic E-state index is 11.1. The van der Waals surface area contributed by atoms with Crippen LogP contribution in [0.5, 0.6) is 0 Å². The highest BCUT2D eigenvalue weighted by molar-refractivity contribution is 6.24. The molecular weight excluding hydrogens is 174 g/mol. The van der Waals surface area contributed by atoms with E-state index in [1.807, 2.05) is 0 Å². The van der Waals surface area contributed by atoms with Crippen LogP contribution in [0.25, 0.3) is 0 Å². The van der Waals surface area contributed by atoms with Crippen LogP contribution in [0.15, 0.2) is 12.2 Å². The van der Waals surface area contributed by atoms with E-state index < -0.39 is 24.1 Å². The average Bonchev–Trinajstić information content (AvgIpc) is 2.29. The van der Waals surface area contributed by atoms with E-state index in [-0.39, 0.29) is 5.78 Å². The first-order valence-electron chi connectivity index (χ1n) is 3.61. The van der Waals surface area contributed by atoms with Gasteiger partial charge in [-0.25, -0.2) is 4.90 Å². The quantitative estimate of drug-likeness (QED) is 0.422. The van der Waals surface area contributed by atoms with Gasteiger partial charge < -0.3 is 0 Å². The van der Waals surface area contributed by atoms with E-state index in [1.54, 1.807) is 0 Å². The Hall–Kier alpha value is -1.78. The number of hydrogen-bond acceptors (Lipinski definition) is 4. The fraction of sp³-hybridized carbons (Fsp3) is 0.250. The third-order valence-corrected chi connectivity index (χ3v) is 1.46. The van der Waals surface area contributed by atoms with E-state index in [9.17, 15) is 19.2 Å². The third-order valence-electron chi connectivity index (χ3n) is 1.46. The Labute approximate surface area is 74.0 Å². The number of carbonyl (C=O) groups excluding carboxylic acids is 4. The van der Waals surface area contributed by atoms with Gasteiger partial charge in [-0.3, -0.25) is 19.2 Å². The van der Waals surface area contributed by atoms with Gasteiger partial charge in [-0.15, -0.1) is 0 Å². The lowest BCUT2D eigenvalue weighted by atomic mass is 10.3. The Morgan fingerprint density at radius 2 is 1.69 bits per heavy atom. The molecule has 1 aliphatic heterocycles. The summed E-state index contributed by atoms with van der Waals surface area (Å²) in [5.74, 6) is -2.52. The van der Waals surface area contributed by atoms with Gasteiger partial charge in [0.15, 0.2) is 0 Å². The molecule has 0 aromatic carbocycles. The van der Waals surface area contributed by atoms with Crippen LogP contribution in [0.3, 0.4) is 0 Å². The van der Waals surface area contributed by atoms with Gasteiger partial charge in [0.25, 0.3) is 11.8 Å². The highest BCUT2D eigenvalue weighted by atomic mass is 16.2. The molecular formula is C8H7NO4. The molecule has 3 amide bonds. The monoisotopic (exact) mass is 181 g/mol. The normalized spacial score (nSPS) is 15.3. The van der Waals surface area contributed by atoms with E-state index in [0.717, 1.165) is 12.2 Å². The fourth-order valence-electron chi connectivity index (χ4n) is 0.938. The van der Waals surface area contributed by atoms with Gasteiger partial charge in [0.2, 0.25) is 5.91 Å². The summed E-state index contributed by atoms with van der Waals surface area (Å²) in [6, 6.07) is 0. The van der Waals surface area contributed by atoms with Crippen LogP contribution in [0.1, 0.15) is 13.3 Å². The second kappa shape index (κ2) is 3.30. The van der Waals surface area contributed by atoms with Crippen LogP contribution in [0.4, 0.5) is 0 Å². The largest absolute Gasteiger partial charge is 0.299 e. The smallest absolute Gasteiger partial charge is 0.260 e. The minimum atomic E-state index is -0.771. The molecule has 5 nitrogen and oxygen atoms in total. The van der Waals surface area contributed by atoms with Gasteiger partial charge in [-0.2, -0.15) is 0 Å². The molecule has 0 saturated heterocycles. The molecule has 68 valence electrons. The van der Waals surface area contributed by atoms with E-state index in [1.165, 1.54) is 6.92 Å². The standard InChI is InChI=1S/C8H7NO4/c1-5(10)4-8(13)9-6(11)2-3-7(9)12/h2-3H,4H2,1H3. The first-order chi connectivity index (χ1) is 6.02. The lowest BCUT2D eigenvalue weighted by Crippen LogP contribution is -2.37. The van der Waals surface area contributed by atoms with Crippen molar-refractivity contribution in [1.82, 2.24) is 4.90 Å². The van der Waals surface area contributed by atoms with Gasteiger partial charge >= 0.3 is 0 Å². The van der Waals surface area contributed by atoms with Crippen LogP contribution >= 0.6 is 0 Å². The van der Waals surface area contributed by atoms with Crippen LogP contribution in [0, 0.1) is 0 Å². The van der Waals surface area contributed by atoms with Crippen molar-refractivity contribution in [2.75, 3.05) is 0 Å². The molecule has 5 heteroatoms. The maximum Gasteiger partial charge on any atom is 0.260 e. The molecule has 0 aliphatic carbocycles. The average molecular weight is 181 g/mol. The number of Topliss-reactive ketones (excluding diaryl/α,β-unsaturated/α-hetero) is 1. The van der Waals surface area contributed by atoms with Crippen molar-refractivity contribution in [2.24, 2.45) is 0 Å². The third kappa shape index (κ3) is 1.87. The van der Waals surface area contributed by atoms with Crippen molar-refractivity contribution in [3.8, 4) is 0 Å². The summed E-state index contributed by atoms with van der Waals surface area (Å²) in [7, 11) is 0. The Morgan fingerprint density at radius 1 is 1.23 bits per heavy atom. The zero-order chi connectivity index (χ0) is 10.0. The van der Waals surface area contributed by atoms with Gasteiger partial charge in [-0.1, -0.05) is 0 Å². The first kappa shape index (κ1) is 9.31. The lowest BCUT2D eigenvalue weighted by Gasteiger charge is -2.09. The predicted octanol–water partition coefficient (Wildman–Crippen LogP) is -0.583. The number of hydrogen-bond donors (Lipinski definition) is 0. The number of carbonyl (C=O) groups is 4. The summed E-state index contributed by atoms with van der Waals surface area (Å²) in [4.78, 5) is 43.9. The van der Waals surface area contributed by atoms with Crippen LogP contribution in [0.2, 0.25) is 0 Å². The number of ketones is 1. The molecule has 0 atom stereocenters. The Balaban J connectivity index is 2.73. The minimum Gasteiger partial charge on any atom is -0.299 e. The molecule has 0 unspecified atom stereocenters. The zero-order valence-corrected chi connectivity index (χ0v) is 6.94. The summed E-state index contributed by atoms with van der Waals surface area (Å²) < 4.78 is 0. The topological polar surface area (TPSA) is 71.5 Å². The summed E-state index contributed by atoms with van der Waals surface area (Å²) in [6.45, 7) is 1.22. The summed E-state index contributed by atoms with van der Waals surface area (Å²) in [5, 5.41) is 0. The first-order valence-corrected chi connectivity index (χ1v) is 3.61. The van der Waals surface area contributed by atoms with Crippen molar-refractivity contribution in [1.29, 1.82) is 0 Å². The van der Waals surface area contributed by atoms with Crippen molar-refractivity contribution < 1.29 is 19.2 Å². The SMILES string of the molecule is CC(=O)CC(=O)N1C(=O)C=CC1=O. The van der Waals surface area contributed by atoms with E-state index in [2.05, 4.69) is 0 Å². The second-order valence-corrected chi connectivity index (χ2v) is 2.62. The molecule has 0 bridgehead atoms. The molecule has 0 aromatic heterocycles. The second-order valence-electron chi connectivity index (χ2n) is 2.62. The fourth-order valence-corrected chi connectivity index (χ4v) is 0.938.